The second-order valence-corrected chi connectivity index (χ2v) is 7.10. The first kappa shape index (κ1) is 13.0. The molecule has 0 radical (unpaired) electrons. The summed E-state index contributed by atoms with van der Waals surface area (Å²) in [5.41, 5.74) is 6.72. The van der Waals surface area contributed by atoms with Crippen LogP contribution in [0.3, 0.4) is 0 Å². The average molecular weight is 333 g/mol. The SMILES string of the molecule is Cc1cc(C(=O)NC(C(N)=S)C2CC2)sc1Br. The second-order valence-electron chi connectivity index (χ2n) is 4.26. The first-order chi connectivity index (χ1) is 7.99. The van der Waals surface area contributed by atoms with Crippen molar-refractivity contribution in [1.82, 2.24) is 5.32 Å². The van der Waals surface area contributed by atoms with Gasteiger partial charge in [0.15, 0.2) is 0 Å². The molecule has 92 valence electrons. The Hall–Kier alpha value is -0.460. The highest BCUT2D eigenvalue weighted by atomic mass is 79.9. The van der Waals surface area contributed by atoms with Crippen LogP contribution in [0.25, 0.3) is 0 Å². The number of aryl methyl sites for hydroxylation is 1. The number of amides is 1. The molecule has 2 rings (SSSR count). The van der Waals surface area contributed by atoms with Gasteiger partial charge in [0.25, 0.3) is 5.91 Å². The molecule has 17 heavy (non-hydrogen) atoms. The van der Waals surface area contributed by atoms with Crippen molar-refractivity contribution in [1.29, 1.82) is 0 Å². The topological polar surface area (TPSA) is 55.1 Å². The molecule has 3 nitrogen and oxygen atoms in total. The molecule has 1 aromatic rings. The molecule has 0 saturated heterocycles. The highest BCUT2D eigenvalue weighted by Gasteiger charge is 2.34. The second kappa shape index (κ2) is 5.04. The van der Waals surface area contributed by atoms with E-state index in [1.165, 1.54) is 11.3 Å². The van der Waals surface area contributed by atoms with E-state index in [9.17, 15) is 4.79 Å². The number of thiophene rings is 1. The van der Waals surface area contributed by atoms with Crippen LogP contribution in [0.15, 0.2) is 9.85 Å². The fraction of sp³-hybridized carbons (Fsp3) is 0.455. The fourth-order valence-corrected chi connectivity index (χ4v) is 3.32. The quantitative estimate of drug-likeness (QED) is 0.833. The van der Waals surface area contributed by atoms with Crippen LogP contribution in [0.2, 0.25) is 0 Å². The van der Waals surface area contributed by atoms with Gasteiger partial charge in [0.2, 0.25) is 0 Å². The molecule has 3 N–H and O–H groups in total. The summed E-state index contributed by atoms with van der Waals surface area (Å²) in [6.07, 6.45) is 2.19. The molecule has 1 aliphatic carbocycles. The van der Waals surface area contributed by atoms with E-state index in [2.05, 4.69) is 21.2 Å². The zero-order chi connectivity index (χ0) is 12.6. The van der Waals surface area contributed by atoms with Crippen LogP contribution in [0.5, 0.6) is 0 Å². The molecule has 1 fully saturated rings. The molecule has 1 aromatic heterocycles. The Kier molecular flexibility index (Phi) is 3.85. The molecule has 1 amide bonds. The number of hydrogen-bond donors (Lipinski definition) is 2. The van der Waals surface area contributed by atoms with Gasteiger partial charge in [-0.25, -0.2) is 0 Å². The molecule has 0 spiro atoms. The zero-order valence-electron chi connectivity index (χ0n) is 9.33. The Bertz CT molecular complexity index is 449. The van der Waals surface area contributed by atoms with E-state index in [1.807, 2.05) is 13.0 Å². The summed E-state index contributed by atoms with van der Waals surface area (Å²) in [4.78, 5) is 13.1. The summed E-state index contributed by atoms with van der Waals surface area (Å²) in [7, 11) is 0. The molecule has 6 heteroatoms. The number of nitrogens with two attached hydrogens (primary N) is 1. The van der Waals surface area contributed by atoms with Crippen molar-refractivity contribution in [2.45, 2.75) is 25.8 Å². The Morgan fingerprint density at radius 3 is 2.76 bits per heavy atom. The molecule has 1 unspecified atom stereocenters. The molecule has 0 bridgehead atoms. The van der Waals surface area contributed by atoms with Crippen molar-refractivity contribution in [3.63, 3.8) is 0 Å². The predicted molar refractivity (Wildman–Crippen MR) is 77.5 cm³/mol. The van der Waals surface area contributed by atoms with Gasteiger partial charge >= 0.3 is 0 Å². The maximum absolute atomic E-state index is 12.0. The van der Waals surface area contributed by atoms with Gasteiger partial charge in [-0.2, -0.15) is 0 Å². The van der Waals surface area contributed by atoms with Crippen molar-refractivity contribution in [2.24, 2.45) is 11.7 Å². The first-order valence-electron chi connectivity index (χ1n) is 5.35. The number of halogens is 1. The van der Waals surface area contributed by atoms with Gasteiger partial charge in [-0.3, -0.25) is 4.79 Å². The van der Waals surface area contributed by atoms with Crippen molar-refractivity contribution >= 4 is 50.4 Å². The van der Waals surface area contributed by atoms with E-state index >= 15 is 0 Å². The van der Waals surface area contributed by atoms with Gasteiger partial charge in [0, 0.05) is 0 Å². The Morgan fingerprint density at radius 2 is 2.35 bits per heavy atom. The molecule has 0 aliphatic heterocycles. The van der Waals surface area contributed by atoms with E-state index in [1.54, 1.807) is 0 Å². The highest BCUT2D eigenvalue weighted by molar-refractivity contribution is 9.11. The minimum absolute atomic E-state index is 0.0894. The maximum atomic E-state index is 12.0. The Labute approximate surface area is 118 Å². The van der Waals surface area contributed by atoms with Crippen molar-refractivity contribution in [3.8, 4) is 0 Å². The molecule has 1 heterocycles. The largest absolute Gasteiger partial charge is 0.392 e. The lowest BCUT2D eigenvalue weighted by atomic mass is 10.2. The normalized spacial score (nSPS) is 16.6. The van der Waals surface area contributed by atoms with Crippen LogP contribution in [0, 0.1) is 12.8 Å². The van der Waals surface area contributed by atoms with Crippen molar-refractivity contribution < 1.29 is 4.79 Å². The number of carbonyl (C=O) groups is 1. The molecular weight excluding hydrogens is 320 g/mol. The lowest BCUT2D eigenvalue weighted by Gasteiger charge is -2.15. The van der Waals surface area contributed by atoms with Crippen LogP contribution in [-0.2, 0) is 0 Å². The standard InChI is InChI=1S/C11H13BrN2OS2/c1-5-4-7(17-9(5)12)11(15)14-8(10(13)16)6-2-3-6/h4,6,8H,2-3H2,1H3,(H2,13,16)(H,14,15). The number of nitrogens with one attached hydrogen (secondary N) is 1. The third kappa shape index (κ3) is 3.05. The predicted octanol–water partition coefficient (Wildman–Crippen LogP) is 2.61. The first-order valence-corrected chi connectivity index (χ1v) is 7.37. The number of thiocarbonyl (C=S) groups is 1. The maximum Gasteiger partial charge on any atom is 0.261 e. The van der Waals surface area contributed by atoms with Crippen LogP contribution >= 0.6 is 39.5 Å². The zero-order valence-corrected chi connectivity index (χ0v) is 12.5. The molecule has 1 aliphatic rings. The molecule has 1 atom stereocenters. The average Bonchev–Trinajstić information content (AvgIpc) is 3.02. The van der Waals surface area contributed by atoms with E-state index in [0.29, 0.717) is 15.8 Å². The third-order valence-corrected chi connectivity index (χ3v) is 5.16. The van der Waals surface area contributed by atoms with Gasteiger partial charge in [0.05, 0.1) is 19.7 Å². The van der Waals surface area contributed by atoms with Crippen molar-refractivity contribution in [2.75, 3.05) is 0 Å². The summed E-state index contributed by atoms with van der Waals surface area (Å²) in [5, 5.41) is 2.92. The van der Waals surface area contributed by atoms with Crippen molar-refractivity contribution in [3.05, 3.63) is 20.3 Å². The minimum atomic E-state index is -0.154. The van der Waals surface area contributed by atoms with Crippen LogP contribution in [-0.4, -0.2) is 16.9 Å². The fourth-order valence-electron chi connectivity index (χ4n) is 1.63. The smallest absolute Gasteiger partial charge is 0.261 e. The Balaban J connectivity index is 2.07. The van der Waals surface area contributed by atoms with Crippen LogP contribution < -0.4 is 11.1 Å². The summed E-state index contributed by atoms with van der Waals surface area (Å²) in [6, 6.07) is 1.71. The summed E-state index contributed by atoms with van der Waals surface area (Å²) in [6.45, 7) is 1.96. The minimum Gasteiger partial charge on any atom is -0.392 e. The van der Waals surface area contributed by atoms with E-state index in [-0.39, 0.29) is 11.9 Å². The Morgan fingerprint density at radius 1 is 1.71 bits per heavy atom. The highest BCUT2D eigenvalue weighted by Crippen LogP contribution is 2.33. The summed E-state index contributed by atoms with van der Waals surface area (Å²) in [5.74, 6) is 0.342. The van der Waals surface area contributed by atoms with E-state index in [4.69, 9.17) is 18.0 Å². The van der Waals surface area contributed by atoms with E-state index in [0.717, 1.165) is 22.2 Å². The van der Waals surface area contributed by atoms with Gasteiger partial charge in [-0.15, -0.1) is 11.3 Å². The number of rotatable bonds is 4. The number of carbonyl (C=O) groups excluding carboxylic acids is 1. The molecule has 1 saturated carbocycles. The monoisotopic (exact) mass is 332 g/mol. The van der Waals surface area contributed by atoms with Gasteiger partial charge in [0.1, 0.15) is 0 Å². The van der Waals surface area contributed by atoms with E-state index < -0.39 is 0 Å². The molecular formula is C11H13BrN2OS2. The van der Waals surface area contributed by atoms with Gasteiger partial charge in [-0.05, 0) is 53.2 Å². The van der Waals surface area contributed by atoms with Crippen LogP contribution in [0.4, 0.5) is 0 Å². The lowest BCUT2D eigenvalue weighted by molar-refractivity contribution is 0.0948. The van der Waals surface area contributed by atoms with Gasteiger partial charge < -0.3 is 11.1 Å². The molecule has 0 aromatic carbocycles. The summed E-state index contributed by atoms with van der Waals surface area (Å²) >= 11 is 9.83. The summed E-state index contributed by atoms with van der Waals surface area (Å²) < 4.78 is 0.987. The van der Waals surface area contributed by atoms with Gasteiger partial charge in [-0.1, -0.05) is 12.2 Å². The third-order valence-electron chi connectivity index (χ3n) is 2.77. The lowest BCUT2D eigenvalue weighted by Crippen LogP contribution is -2.44. The van der Waals surface area contributed by atoms with Crippen LogP contribution in [0.1, 0.15) is 28.1 Å². The number of hydrogen-bond acceptors (Lipinski definition) is 3.